The Balaban J connectivity index is 0.000000143. The molecule has 0 N–H and O–H groups in total. The number of hydrogen-bond donors (Lipinski definition) is 0. The van der Waals surface area contributed by atoms with E-state index in [1.807, 2.05) is 50.5 Å². The van der Waals surface area contributed by atoms with Gasteiger partial charge in [0.1, 0.15) is 23.5 Å². The van der Waals surface area contributed by atoms with Crippen LogP contribution >= 0.6 is 0 Å². The Hall–Kier alpha value is -7.40. The van der Waals surface area contributed by atoms with Gasteiger partial charge in [0, 0.05) is 137 Å². The van der Waals surface area contributed by atoms with Crippen LogP contribution in [-0.4, -0.2) is 221 Å². The number of likely N-dealkylation sites (tertiary alicyclic amines) is 5. The number of carbonyl (C=O) groups is 6. The average molecular weight is 1380 g/mol. The molecule has 3 atom stereocenters. The number of methoxy groups -OCH3 is 1. The molecule has 100 heavy (non-hydrogen) atoms. The van der Waals surface area contributed by atoms with E-state index in [1.165, 1.54) is 23.3 Å². The highest BCUT2D eigenvalue weighted by Gasteiger charge is 2.52. The smallest absolute Gasteiger partial charge is 0.410 e. The van der Waals surface area contributed by atoms with Crippen molar-refractivity contribution in [3.8, 4) is 5.75 Å². The Bertz CT molecular complexity index is 3620. The molecule has 6 amide bonds. The third-order valence-electron chi connectivity index (χ3n) is 24.4. The lowest BCUT2D eigenvalue weighted by Gasteiger charge is -2.47. The van der Waals surface area contributed by atoms with Gasteiger partial charge in [-0.15, -0.1) is 0 Å². The molecule has 0 radical (unpaired) electrons. The lowest BCUT2D eigenvalue weighted by molar-refractivity contribution is -0.117. The number of aryl methyl sites for hydroxylation is 1. The Morgan fingerprint density at radius 2 is 1.03 bits per heavy atom. The van der Waals surface area contributed by atoms with E-state index in [0.717, 1.165) is 190 Å². The molecule has 0 aromatic heterocycles. The minimum absolute atomic E-state index is 0. The van der Waals surface area contributed by atoms with Crippen LogP contribution in [-0.2, 0) is 44.8 Å². The van der Waals surface area contributed by atoms with Crippen LogP contribution in [0.15, 0.2) is 78.9 Å². The molecule has 2 bridgehead atoms. The number of amides is 6. The van der Waals surface area contributed by atoms with Crippen molar-refractivity contribution in [2.24, 2.45) is 5.92 Å². The zero-order valence-corrected chi connectivity index (χ0v) is 59.6. The molecule has 4 aromatic rings. The van der Waals surface area contributed by atoms with Crippen molar-refractivity contribution in [3.63, 3.8) is 0 Å². The van der Waals surface area contributed by atoms with Gasteiger partial charge in [0.05, 0.1) is 33.5 Å². The van der Waals surface area contributed by atoms with Crippen LogP contribution in [0.4, 0.5) is 40.2 Å². The Kier molecular flexibility index (Phi) is 21.5. The lowest BCUT2D eigenvalue weighted by atomic mass is 9.73. The highest BCUT2D eigenvalue weighted by molar-refractivity contribution is 6.08. The first-order chi connectivity index (χ1) is 48.3. The second kappa shape index (κ2) is 30.3. The molecule has 20 nitrogen and oxygen atoms in total. The first kappa shape index (κ1) is 71.0. The molecule has 3 spiro atoms. The summed E-state index contributed by atoms with van der Waals surface area (Å²) in [5.41, 5.74) is 7.64. The number of nitrogens with zero attached hydrogens (tertiary/aromatic N) is 9. The molecule has 4 aromatic carbocycles. The average Bonchev–Trinajstić information content (AvgIpc) is 1.61. The van der Waals surface area contributed by atoms with Crippen molar-refractivity contribution in [1.29, 1.82) is 0 Å². The van der Waals surface area contributed by atoms with Gasteiger partial charge >= 0.3 is 18.3 Å². The van der Waals surface area contributed by atoms with Gasteiger partial charge in [-0.25, -0.2) is 23.2 Å². The van der Waals surface area contributed by atoms with Gasteiger partial charge in [0.25, 0.3) is 5.91 Å². The monoisotopic (exact) mass is 1380 g/mol. The lowest BCUT2D eigenvalue weighted by Crippen LogP contribution is -2.56. The molecule has 22 heteroatoms. The summed E-state index contributed by atoms with van der Waals surface area (Å²) in [6, 6.07) is 24.8. The van der Waals surface area contributed by atoms with Gasteiger partial charge < -0.3 is 67.8 Å². The maximum atomic E-state index is 14.4. The fourth-order valence-corrected chi connectivity index (χ4v) is 18.9. The minimum Gasteiger partial charge on any atom is -0.497 e. The SMILES string of the molecule is CC(=O)N1CC2(CCN(C3CC4CCC(C3)N4C(=O)O[C@H]3CCOC3)CC2)c2cc(F)ccc21.CCOC(=O)N1CCC(CN2CCC3(CC2)CN(C(C)=O)c2ccc(C)cc23)CC1.CCOC(=O)N1CCC(N2CCC3(CC2)CN(C(=O)c2cccc(OC)c2)c2ccc(F)cc23)CC1.[HH]. The van der Waals surface area contributed by atoms with Crippen LogP contribution in [0.2, 0.25) is 0 Å². The van der Waals surface area contributed by atoms with E-state index in [-0.39, 0.29) is 83.5 Å². The van der Waals surface area contributed by atoms with Crippen LogP contribution in [0.1, 0.15) is 158 Å². The van der Waals surface area contributed by atoms with Crippen LogP contribution in [0.5, 0.6) is 5.75 Å². The minimum atomic E-state index is -0.266. The predicted molar refractivity (Wildman–Crippen MR) is 379 cm³/mol. The third kappa shape index (κ3) is 14.7. The summed E-state index contributed by atoms with van der Waals surface area (Å²) < 4.78 is 55.2. The number of anilines is 3. The molecule has 11 heterocycles. The highest BCUT2D eigenvalue weighted by Crippen LogP contribution is 2.52. The zero-order chi connectivity index (χ0) is 70.0. The van der Waals surface area contributed by atoms with Gasteiger partial charge in [0.15, 0.2) is 0 Å². The van der Waals surface area contributed by atoms with E-state index in [1.54, 1.807) is 62.3 Å². The summed E-state index contributed by atoms with van der Waals surface area (Å²) in [4.78, 5) is 93.9. The molecule has 8 fully saturated rings. The zero-order valence-electron chi connectivity index (χ0n) is 59.6. The molecule has 11 aliphatic rings. The van der Waals surface area contributed by atoms with E-state index >= 15 is 0 Å². The maximum absolute atomic E-state index is 14.4. The number of piperidine rings is 6. The van der Waals surface area contributed by atoms with Crippen molar-refractivity contribution < 1.29 is 62.7 Å². The second-order valence-corrected chi connectivity index (χ2v) is 30.2. The molecule has 0 saturated carbocycles. The Morgan fingerprint density at radius 1 is 0.540 bits per heavy atom. The van der Waals surface area contributed by atoms with Crippen molar-refractivity contribution in [3.05, 3.63) is 118 Å². The summed E-state index contributed by atoms with van der Waals surface area (Å²) in [6.07, 6.45) is 14.0. The summed E-state index contributed by atoms with van der Waals surface area (Å²) in [5, 5.41) is 0. The van der Waals surface area contributed by atoms with Gasteiger partial charge in [-0.05, 0) is 233 Å². The number of carbonyl (C=O) groups excluding carboxylic acids is 6. The first-order valence-electron chi connectivity index (χ1n) is 37.1. The summed E-state index contributed by atoms with van der Waals surface area (Å²) in [6.45, 7) is 23.1. The van der Waals surface area contributed by atoms with Crippen molar-refractivity contribution in [1.82, 2.24) is 29.4 Å². The van der Waals surface area contributed by atoms with E-state index in [9.17, 15) is 37.5 Å². The van der Waals surface area contributed by atoms with E-state index in [4.69, 9.17) is 23.7 Å². The third-order valence-corrected chi connectivity index (χ3v) is 24.4. The fraction of sp³-hybridized carbons (Fsp3) is 0.615. The van der Waals surface area contributed by atoms with Crippen LogP contribution in [0.25, 0.3) is 0 Å². The van der Waals surface area contributed by atoms with Crippen LogP contribution in [0.3, 0.4) is 0 Å². The van der Waals surface area contributed by atoms with Crippen LogP contribution < -0.4 is 19.4 Å². The largest absolute Gasteiger partial charge is 0.497 e. The molecule has 8 saturated heterocycles. The number of rotatable bonds is 9. The van der Waals surface area contributed by atoms with E-state index in [0.29, 0.717) is 81.9 Å². The van der Waals surface area contributed by atoms with E-state index in [2.05, 4.69) is 39.8 Å². The summed E-state index contributed by atoms with van der Waals surface area (Å²) >= 11 is 0. The van der Waals surface area contributed by atoms with Crippen molar-refractivity contribution in [2.75, 3.05) is 140 Å². The topological polar surface area (TPSA) is 178 Å². The maximum Gasteiger partial charge on any atom is 0.410 e. The molecule has 11 aliphatic heterocycles. The van der Waals surface area contributed by atoms with E-state index < -0.39 is 0 Å². The number of ether oxygens (including phenoxy) is 5. The number of halogens is 2. The van der Waals surface area contributed by atoms with Crippen molar-refractivity contribution in [2.45, 2.75) is 177 Å². The van der Waals surface area contributed by atoms with Crippen molar-refractivity contribution >= 4 is 53.1 Å². The predicted octanol–water partition coefficient (Wildman–Crippen LogP) is 11.7. The van der Waals surface area contributed by atoms with Gasteiger partial charge in [-0.1, -0.05) is 23.8 Å². The molecule has 2 unspecified atom stereocenters. The van der Waals surface area contributed by atoms with Gasteiger partial charge in [-0.2, -0.15) is 0 Å². The molecule has 542 valence electrons. The molecule has 0 aliphatic carbocycles. The standard InChI is InChI=1S/C28H34FN3O4.C26H34FN3O4.C24H35N3O3.H2/c1-3-36-27(34)31-13-9-22(10-14-31)30-15-11-28(12-16-30)19-32(25-8-7-21(29)18-24(25)28)26(33)20-5-4-6-23(17-20)35-2;1-17(31)29-16-26(23-12-18(27)2-5-24(23)29)7-9-28(10-8-26)21-13-19-3-4-20(14-21)30(19)25(32)34-22-6-11-33-15-22;1-4-30-23(29)26-11-7-20(8-12-26)16-25-13-9-24(10-14-25)17-27(19(3)28)22-6-5-18(2)15-21(22)24;/h4-8,17-18,22H,3,9-16,19H2,1-2H3;2,5,12,19-22H,3-4,6-11,13-16H2,1H3;5-6,15,20H,4,7-14,16-17H2,1-3H3;1H/t;19?,20?,21?,22-;;/m.0../s1. The van der Waals surface area contributed by atoms with Gasteiger partial charge in [0.2, 0.25) is 11.8 Å². The highest BCUT2D eigenvalue weighted by atomic mass is 19.1. The summed E-state index contributed by atoms with van der Waals surface area (Å²) in [5.74, 6) is 0.865. The normalized spacial score (nSPS) is 24.6. The second-order valence-electron chi connectivity index (χ2n) is 30.2. The molecule has 15 rings (SSSR count). The quantitative estimate of drug-likeness (QED) is 0.145. The van der Waals surface area contributed by atoms with Gasteiger partial charge in [-0.3, -0.25) is 14.4 Å². The fourth-order valence-electron chi connectivity index (χ4n) is 18.9. The molecular formula is C78H105F2N9O11. The first-order valence-corrected chi connectivity index (χ1v) is 37.1. The number of fused-ring (bicyclic) bond motifs is 8. The number of hydrogen-bond acceptors (Lipinski definition) is 14. The molecular weight excluding hydrogens is 1280 g/mol. The Labute approximate surface area is 589 Å². The Morgan fingerprint density at radius 3 is 1.54 bits per heavy atom. The summed E-state index contributed by atoms with van der Waals surface area (Å²) in [7, 11) is 1.58. The number of benzene rings is 4. The van der Waals surface area contributed by atoms with Crippen LogP contribution in [0, 0.1) is 24.5 Å².